The first kappa shape index (κ1) is 8.68. The van der Waals surface area contributed by atoms with E-state index in [1.807, 2.05) is 12.2 Å². The van der Waals surface area contributed by atoms with Gasteiger partial charge in [0.25, 0.3) is 0 Å². The van der Waals surface area contributed by atoms with Gasteiger partial charge in [0.2, 0.25) is 0 Å². The molecule has 1 aromatic rings. The van der Waals surface area contributed by atoms with E-state index in [-0.39, 0.29) is 0 Å². The van der Waals surface area contributed by atoms with Gasteiger partial charge in [-0.1, -0.05) is 23.8 Å². The average molecular weight is 189 g/mol. The van der Waals surface area contributed by atoms with Crippen LogP contribution in [0.5, 0.6) is 0 Å². The van der Waals surface area contributed by atoms with Crippen molar-refractivity contribution in [2.75, 3.05) is 5.75 Å². The quantitative estimate of drug-likeness (QED) is 0.568. The van der Waals surface area contributed by atoms with Crippen LogP contribution in [0.1, 0.15) is 0 Å². The molecule has 0 saturated heterocycles. The van der Waals surface area contributed by atoms with Gasteiger partial charge in [-0.2, -0.15) is 17.7 Å². The van der Waals surface area contributed by atoms with Crippen LogP contribution < -0.4 is 0 Å². The molecule has 0 aliphatic rings. The van der Waals surface area contributed by atoms with Crippen molar-refractivity contribution in [1.82, 2.24) is 9.78 Å². The van der Waals surface area contributed by atoms with Gasteiger partial charge in [0.15, 0.2) is 0 Å². The zero-order valence-electron chi connectivity index (χ0n) is 5.94. The minimum atomic E-state index is 0.671. The largest absolute Gasteiger partial charge is 0.267 e. The summed E-state index contributed by atoms with van der Waals surface area (Å²) >= 11 is 9.68. The molecule has 0 bridgehead atoms. The van der Waals surface area contributed by atoms with Crippen LogP contribution in [-0.4, -0.2) is 15.5 Å². The smallest absolute Gasteiger partial charge is 0.0785 e. The Hall–Kier alpha value is -0.410. The van der Waals surface area contributed by atoms with Crippen molar-refractivity contribution in [3.05, 3.63) is 29.6 Å². The molecule has 1 heterocycles. The van der Waals surface area contributed by atoms with Gasteiger partial charge < -0.3 is 0 Å². The van der Waals surface area contributed by atoms with Gasteiger partial charge in [0.05, 0.1) is 17.8 Å². The van der Waals surface area contributed by atoms with Gasteiger partial charge in [-0.15, -0.1) is 0 Å². The van der Waals surface area contributed by atoms with Crippen LogP contribution >= 0.6 is 24.2 Å². The Balaban J connectivity index is 2.45. The van der Waals surface area contributed by atoms with Gasteiger partial charge in [0.1, 0.15) is 0 Å². The molecule has 0 aliphatic carbocycles. The summed E-state index contributed by atoms with van der Waals surface area (Å²) in [6.45, 7) is 0.757. The number of hydrogen-bond donors (Lipinski definition) is 1. The first-order valence-electron chi connectivity index (χ1n) is 3.27. The Morgan fingerprint density at radius 1 is 1.64 bits per heavy atom. The number of rotatable bonds is 3. The Morgan fingerprint density at radius 2 is 2.45 bits per heavy atom. The van der Waals surface area contributed by atoms with E-state index >= 15 is 0 Å². The SMILES string of the molecule is SC/C=C/Cn1cc(Cl)cn1. The highest BCUT2D eigenvalue weighted by molar-refractivity contribution is 7.80. The molecule has 0 fully saturated rings. The lowest BCUT2D eigenvalue weighted by molar-refractivity contribution is 0.701. The monoisotopic (exact) mass is 188 g/mol. The van der Waals surface area contributed by atoms with Crippen molar-refractivity contribution < 1.29 is 0 Å². The van der Waals surface area contributed by atoms with Crippen molar-refractivity contribution in [2.24, 2.45) is 0 Å². The minimum absolute atomic E-state index is 0.671. The molecule has 0 saturated carbocycles. The van der Waals surface area contributed by atoms with Crippen LogP contribution in [0.25, 0.3) is 0 Å². The maximum Gasteiger partial charge on any atom is 0.0785 e. The molecular formula is C7H9ClN2S. The lowest BCUT2D eigenvalue weighted by Crippen LogP contribution is -1.94. The molecule has 0 amide bonds. The molecule has 11 heavy (non-hydrogen) atoms. The highest BCUT2D eigenvalue weighted by Crippen LogP contribution is 2.04. The lowest BCUT2D eigenvalue weighted by Gasteiger charge is -1.91. The van der Waals surface area contributed by atoms with Crippen molar-refractivity contribution in [3.8, 4) is 0 Å². The van der Waals surface area contributed by atoms with Gasteiger partial charge >= 0.3 is 0 Å². The van der Waals surface area contributed by atoms with Crippen LogP contribution in [0, 0.1) is 0 Å². The number of nitrogens with zero attached hydrogens (tertiary/aromatic N) is 2. The molecule has 0 N–H and O–H groups in total. The molecule has 1 rings (SSSR count). The van der Waals surface area contributed by atoms with Crippen molar-refractivity contribution in [3.63, 3.8) is 0 Å². The van der Waals surface area contributed by atoms with E-state index in [4.69, 9.17) is 11.6 Å². The molecule has 60 valence electrons. The van der Waals surface area contributed by atoms with Gasteiger partial charge in [-0.3, -0.25) is 4.68 Å². The maximum absolute atomic E-state index is 5.65. The van der Waals surface area contributed by atoms with E-state index in [2.05, 4.69) is 17.7 Å². The summed E-state index contributed by atoms with van der Waals surface area (Å²) in [5, 5.41) is 4.67. The normalized spacial score (nSPS) is 11.1. The van der Waals surface area contributed by atoms with Crippen LogP contribution in [0.3, 0.4) is 0 Å². The molecule has 0 unspecified atom stereocenters. The zero-order valence-corrected chi connectivity index (χ0v) is 7.59. The lowest BCUT2D eigenvalue weighted by atomic mass is 10.5. The minimum Gasteiger partial charge on any atom is -0.267 e. The molecule has 0 spiro atoms. The predicted molar refractivity (Wildman–Crippen MR) is 50.2 cm³/mol. The topological polar surface area (TPSA) is 17.8 Å². The maximum atomic E-state index is 5.65. The summed E-state index contributed by atoms with van der Waals surface area (Å²) in [5.41, 5.74) is 0. The summed E-state index contributed by atoms with van der Waals surface area (Å²) in [6, 6.07) is 0. The van der Waals surface area contributed by atoms with Gasteiger partial charge in [-0.05, 0) is 0 Å². The summed E-state index contributed by atoms with van der Waals surface area (Å²) in [4.78, 5) is 0. The molecule has 1 aromatic heterocycles. The fourth-order valence-corrected chi connectivity index (χ4v) is 1.00. The number of thiol groups is 1. The van der Waals surface area contributed by atoms with Crippen LogP contribution in [0.2, 0.25) is 5.02 Å². The number of aromatic nitrogens is 2. The van der Waals surface area contributed by atoms with E-state index in [0.717, 1.165) is 12.3 Å². The second kappa shape index (κ2) is 4.46. The number of halogens is 1. The molecule has 2 nitrogen and oxygen atoms in total. The zero-order chi connectivity index (χ0) is 8.10. The predicted octanol–water partition coefficient (Wildman–Crippen LogP) is 2.02. The Labute approximate surface area is 76.3 Å². The second-order valence-corrected chi connectivity index (χ2v) is 2.84. The van der Waals surface area contributed by atoms with Crippen LogP contribution in [0.4, 0.5) is 0 Å². The highest BCUT2D eigenvalue weighted by atomic mass is 35.5. The summed E-state index contributed by atoms with van der Waals surface area (Å²) in [7, 11) is 0. The van der Waals surface area contributed by atoms with Crippen molar-refractivity contribution in [1.29, 1.82) is 0 Å². The fraction of sp³-hybridized carbons (Fsp3) is 0.286. The van der Waals surface area contributed by atoms with E-state index in [1.54, 1.807) is 17.1 Å². The summed E-state index contributed by atoms with van der Waals surface area (Å²) in [5.74, 6) is 0.759. The Morgan fingerprint density at radius 3 is 3.00 bits per heavy atom. The first-order valence-corrected chi connectivity index (χ1v) is 4.28. The fourth-order valence-electron chi connectivity index (χ4n) is 0.695. The Bertz CT molecular complexity index is 244. The molecule has 0 atom stereocenters. The van der Waals surface area contributed by atoms with Crippen LogP contribution in [0.15, 0.2) is 24.5 Å². The third kappa shape index (κ3) is 2.99. The van der Waals surface area contributed by atoms with Crippen molar-refractivity contribution in [2.45, 2.75) is 6.54 Å². The average Bonchev–Trinajstić information content (AvgIpc) is 2.37. The van der Waals surface area contributed by atoms with Gasteiger partial charge in [-0.25, -0.2) is 0 Å². The standard InChI is InChI=1S/C7H9ClN2S/c8-7-5-9-10(6-7)3-1-2-4-11/h1-2,5-6,11H,3-4H2/b2-1+. The first-order chi connectivity index (χ1) is 5.33. The number of allylic oxidation sites excluding steroid dienone is 1. The molecular weight excluding hydrogens is 180 g/mol. The highest BCUT2D eigenvalue weighted by Gasteiger charge is 1.90. The summed E-state index contributed by atoms with van der Waals surface area (Å²) in [6.07, 6.45) is 7.37. The third-order valence-electron chi connectivity index (χ3n) is 1.17. The molecule has 0 aliphatic heterocycles. The molecule has 0 radical (unpaired) electrons. The van der Waals surface area contributed by atoms with E-state index < -0.39 is 0 Å². The third-order valence-corrected chi connectivity index (χ3v) is 1.57. The number of hydrogen-bond acceptors (Lipinski definition) is 2. The summed E-state index contributed by atoms with van der Waals surface area (Å²) < 4.78 is 1.77. The molecule has 0 aromatic carbocycles. The second-order valence-electron chi connectivity index (χ2n) is 2.03. The van der Waals surface area contributed by atoms with E-state index in [0.29, 0.717) is 5.02 Å². The van der Waals surface area contributed by atoms with Crippen LogP contribution in [-0.2, 0) is 6.54 Å². The Kier molecular flexibility index (Phi) is 3.52. The van der Waals surface area contributed by atoms with E-state index in [9.17, 15) is 0 Å². The molecule has 4 heteroatoms. The van der Waals surface area contributed by atoms with Crippen molar-refractivity contribution >= 4 is 24.2 Å². The van der Waals surface area contributed by atoms with E-state index in [1.165, 1.54) is 0 Å². The van der Waals surface area contributed by atoms with Gasteiger partial charge in [0, 0.05) is 11.9 Å².